The number of benzene rings is 1. The van der Waals surface area contributed by atoms with Crippen LogP contribution in [0.5, 0.6) is 0 Å². The quantitative estimate of drug-likeness (QED) is 0.657. The summed E-state index contributed by atoms with van der Waals surface area (Å²) in [6, 6.07) is 6.97. The molecule has 1 saturated heterocycles. The Bertz CT molecular complexity index is 508. The molecule has 1 aliphatic rings. The van der Waals surface area contributed by atoms with Gasteiger partial charge in [0, 0.05) is 25.9 Å². The molecule has 0 unspecified atom stereocenters. The molecule has 18 heavy (non-hydrogen) atoms. The molecule has 0 saturated carbocycles. The summed E-state index contributed by atoms with van der Waals surface area (Å²) in [5.74, 6) is 0. The molecule has 7 heteroatoms. The van der Waals surface area contributed by atoms with Gasteiger partial charge in [0.25, 0.3) is 0 Å². The topological polar surface area (TPSA) is 77.8 Å². The summed E-state index contributed by atoms with van der Waals surface area (Å²) in [7, 11) is -4.36. The third kappa shape index (κ3) is 3.11. The summed E-state index contributed by atoms with van der Waals surface area (Å²) in [6.45, 7) is 1.83. The molecule has 0 aliphatic carbocycles. The monoisotopic (exact) mass is 269 g/mol. The van der Waals surface area contributed by atoms with Crippen LogP contribution in [-0.4, -0.2) is 55.1 Å². The van der Waals surface area contributed by atoms with Crippen molar-refractivity contribution in [3.8, 4) is 0 Å². The van der Waals surface area contributed by atoms with Gasteiger partial charge in [0.1, 0.15) is 0 Å². The summed E-state index contributed by atoms with van der Waals surface area (Å²) >= 11 is 0. The van der Waals surface area contributed by atoms with Gasteiger partial charge in [0.2, 0.25) is 0 Å². The van der Waals surface area contributed by atoms with E-state index in [1.807, 2.05) is 12.1 Å². The van der Waals surface area contributed by atoms with Crippen LogP contribution in [0.15, 0.2) is 24.3 Å². The summed E-state index contributed by atoms with van der Waals surface area (Å²) in [5.41, 5.74) is 1.49. The van der Waals surface area contributed by atoms with Crippen LogP contribution in [0, 0.1) is 0 Å². The normalized spacial score (nSPS) is 17.5. The lowest BCUT2D eigenvalue weighted by Gasteiger charge is -2.37. The fraction of sp³-hybridized carbons (Fsp3) is 0.455. The highest BCUT2D eigenvalue weighted by Crippen LogP contribution is 2.18. The van der Waals surface area contributed by atoms with Crippen molar-refractivity contribution in [3.05, 3.63) is 29.8 Å². The van der Waals surface area contributed by atoms with Crippen molar-refractivity contribution in [2.24, 2.45) is 0 Å². The molecule has 0 spiro atoms. The number of rotatable bonds is 4. The lowest BCUT2D eigenvalue weighted by molar-refractivity contribution is 0.176. The van der Waals surface area contributed by atoms with Gasteiger partial charge in [-0.1, -0.05) is 24.3 Å². The molecule has 0 amide bonds. The summed E-state index contributed by atoms with van der Waals surface area (Å²) < 4.78 is 22.5. The predicted molar refractivity (Wildman–Crippen MR) is 70.2 cm³/mol. The third-order valence-electron chi connectivity index (χ3n) is 3.21. The first kappa shape index (κ1) is 13.5. The maximum atomic E-state index is 11.2. The first-order valence-electron chi connectivity index (χ1n) is 5.72. The minimum Gasteiger partial charge on any atom is -0.423 e. The van der Waals surface area contributed by atoms with Gasteiger partial charge in [-0.25, -0.2) is 8.42 Å². The van der Waals surface area contributed by atoms with Gasteiger partial charge in [-0.3, -0.25) is 4.90 Å². The highest BCUT2D eigenvalue weighted by Gasteiger charge is 2.34. The molecule has 0 aromatic heterocycles. The average Bonchev–Trinajstić information content (AvgIpc) is 2.21. The van der Waals surface area contributed by atoms with Crippen LogP contribution in [0.3, 0.4) is 0 Å². The van der Waals surface area contributed by atoms with Gasteiger partial charge in [0.15, 0.2) is 9.84 Å². The predicted octanol–water partition coefficient (Wildman–Crippen LogP) is -1.40. The second-order valence-electron chi connectivity index (χ2n) is 4.76. The molecule has 0 atom stereocenters. The Kier molecular flexibility index (Phi) is 3.77. The Balaban J connectivity index is 1.89. The Morgan fingerprint density at radius 3 is 2.28 bits per heavy atom. The van der Waals surface area contributed by atoms with E-state index in [0.29, 0.717) is 25.1 Å². The van der Waals surface area contributed by atoms with Crippen LogP contribution in [0.1, 0.15) is 5.56 Å². The zero-order valence-corrected chi connectivity index (χ0v) is 11.0. The molecule has 5 nitrogen and oxygen atoms in total. The van der Waals surface area contributed by atoms with Crippen molar-refractivity contribution in [2.45, 2.75) is 11.8 Å². The average molecular weight is 269 g/mol. The van der Waals surface area contributed by atoms with Crippen molar-refractivity contribution < 1.29 is 18.5 Å². The van der Waals surface area contributed by atoms with Gasteiger partial charge in [-0.05, 0) is 11.0 Å². The smallest absolute Gasteiger partial charge is 0.423 e. The standard InChI is InChI=1S/C11H16BNO4S/c1-18(16,17)11-7-13(8-11)6-9-2-4-10(5-3-9)12(14)15/h2-5,11,14-15H,6-8H2,1H3. The van der Waals surface area contributed by atoms with Gasteiger partial charge in [0.05, 0.1) is 5.25 Å². The van der Waals surface area contributed by atoms with E-state index < -0.39 is 17.0 Å². The maximum Gasteiger partial charge on any atom is 0.488 e. The second kappa shape index (κ2) is 5.01. The molecule has 98 valence electrons. The first-order valence-corrected chi connectivity index (χ1v) is 7.68. The lowest BCUT2D eigenvalue weighted by Crippen LogP contribution is -2.53. The van der Waals surface area contributed by atoms with Crippen molar-refractivity contribution >= 4 is 22.4 Å². The fourth-order valence-corrected chi connectivity index (χ4v) is 2.94. The van der Waals surface area contributed by atoms with E-state index in [4.69, 9.17) is 10.0 Å². The second-order valence-corrected chi connectivity index (χ2v) is 7.09. The molecular weight excluding hydrogens is 253 g/mol. The fourth-order valence-electron chi connectivity index (χ4n) is 1.98. The first-order chi connectivity index (χ1) is 8.36. The van der Waals surface area contributed by atoms with Crippen LogP contribution < -0.4 is 5.46 Å². The molecule has 1 fully saturated rings. The molecule has 2 N–H and O–H groups in total. The third-order valence-corrected chi connectivity index (χ3v) is 4.72. The summed E-state index contributed by atoms with van der Waals surface area (Å²) in [5, 5.41) is 17.7. The van der Waals surface area contributed by atoms with Crippen LogP contribution >= 0.6 is 0 Å². The van der Waals surface area contributed by atoms with Crippen LogP contribution in [0.4, 0.5) is 0 Å². The number of hydrogen-bond acceptors (Lipinski definition) is 5. The van der Waals surface area contributed by atoms with E-state index in [1.54, 1.807) is 12.1 Å². The van der Waals surface area contributed by atoms with Crippen LogP contribution in [-0.2, 0) is 16.4 Å². The zero-order valence-electron chi connectivity index (χ0n) is 10.2. The van der Waals surface area contributed by atoms with Crippen LogP contribution in [0.25, 0.3) is 0 Å². The summed E-state index contributed by atoms with van der Waals surface area (Å²) in [4.78, 5) is 2.05. The highest BCUT2D eigenvalue weighted by atomic mass is 32.2. The minimum atomic E-state index is -2.92. The van der Waals surface area contributed by atoms with Crippen molar-refractivity contribution in [1.82, 2.24) is 4.90 Å². The maximum absolute atomic E-state index is 11.2. The van der Waals surface area contributed by atoms with E-state index in [-0.39, 0.29) is 5.25 Å². The highest BCUT2D eigenvalue weighted by molar-refractivity contribution is 7.91. The SMILES string of the molecule is CS(=O)(=O)C1CN(Cc2ccc(B(O)O)cc2)C1. The van der Waals surface area contributed by atoms with Gasteiger partial charge in [-0.2, -0.15) is 0 Å². The van der Waals surface area contributed by atoms with E-state index >= 15 is 0 Å². The Morgan fingerprint density at radius 2 is 1.83 bits per heavy atom. The van der Waals surface area contributed by atoms with Gasteiger partial charge < -0.3 is 10.0 Å². The number of sulfone groups is 1. The number of nitrogens with zero attached hydrogens (tertiary/aromatic N) is 1. The van der Waals surface area contributed by atoms with Crippen molar-refractivity contribution in [3.63, 3.8) is 0 Å². The number of likely N-dealkylation sites (tertiary alicyclic amines) is 1. The Morgan fingerprint density at radius 1 is 1.28 bits per heavy atom. The van der Waals surface area contributed by atoms with Crippen LogP contribution in [0.2, 0.25) is 0 Å². The molecule has 1 heterocycles. The van der Waals surface area contributed by atoms with E-state index in [1.165, 1.54) is 6.26 Å². The number of hydrogen-bond donors (Lipinski definition) is 2. The van der Waals surface area contributed by atoms with Crippen molar-refractivity contribution in [2.75, 3.05) is 19.3 Å². The van der Waals surface area contributed by atoms with E-state index in [0.717, 1.165) is 5.56 Å². The molecule has 2 rings (SSSR count). The molecule has 1 aliphatic heterocycles. The minimum absolute atomic E-state index is 0.240. The molecule has 1 aromatic carbocycles. The van der Waals surface area contributed by atoms with E-state index in [2.05, 4.69) is 4.90 Å². The molecular formula is C11H16BNO4S. The summed E-state index contributed by atoms with van der Waals surface area (Å²) in [6.07, 6.45) is 1.27. The van der Waals surface area contributed by atoms with E-state index in [9.17, 15) is 8.42 Å². The van der Waals surface area contributed by atoms with Gasteiger partial charge >= 0.3 is 7.12 Å². The molecule has 1 aromatic rings. The zero-order chi connectivity index (χ0) is 13.3. The lowest BCUT2D eigenvalue weighted by atomic mass is 9.80. The Hall–Kier alpha value is -0.885. The Labute approximate surface area is 107 Å². The van der Waals surface area contributed by atoms with Gasteiger partial charge in [-0.15, -0.1) is 0 Å². The largest absolute Gasteiger partial charge is 0.488 e. The molecule has 0 bridgehead atoms. The van der Waals surface area contributed by atoms with Crippen molar-refractivity contribution in [1.29, 1.82) is 0 Å². The molecule has 0 radical (unpaired) electrons.